The van der Waals surface area contributed by atoms with Crippen molar-refractivity contribution in [3.8, 4) is 0 Å². The van der Waals surface area contributed by atoms with E-state index in [1.54, 1.807) is 0 Å². The molecular weight excluding hydrogens is 274 g/mol. The Bertz CT molecular complexity index is 490. The van der Waals surface area contributed by atoms with Crippen molar-refractivity contribution < 1.29 is 10.3 Å². The summed E-state index contributed by atoms with van der Waals surface area (Å²) in [4.78, 5) is 0. The highest BCUT2D eigenvalue weighted by molar-refractivity contribution is 5.91. The molecule has 4 aliphatic rings. The molecule has 0 radical (unpaired) electrons. The maximum Gasteiger partial charge on any atom is 0.0632 e. The van der Waals surface area contributed by atoms with Crippen LogP contribution in [0.15, 0.2) is 5.16 Å². The first-order valence-electron chi connectivity index (χ1n) is 9.38. The Kier molecular flexibility index (Phi) is 3.38. The molecule has 5 unspecified atom stereocenters. The smallest absolute Gasteiger partial charge is 0.0632 e. The summed E-state index contributed by atoms with van der Waals surface area (Å²) in [6.07, 6.45) is 10.5. The van der Waals surface area contributed by atoms with Crippen LogP contribution in [0.5, 0.6) is 0 Å². The summed E-state index contributed by atoms with van der Waals surface area (Å²) in [5, 5.41) is 23.1. The first-order valence-corrected chi connectivity index (χ1v) is 9.38. The third kappa shape index (κ3) is 1.87. The van der Waals surface area contributed by atoms with Crippen molar-refractivity contribution in [2.45, 2.75) is 77.7 Å². The third-order valence-electron chi connectivity index (χ3n) is 8.50. The zero-order valence-corrected chi connectivity index (χ0v) is 14.1. The van der Waals surface area contributed by atoms with Crippen LogP contribution in [0.4, 0.5) is 0 Å². The zero-order chi connectivity index (χ0) is 15.5. The number of fused-ring (bicyclic) bond motifs is 5. The lowest BCUT2D eigenvalue weighted by molar-refractivity contribution is -0.114. The molecular formula is C19H31NO2. The summed E-state index contributed by atoms with van der Waals surface area (Å²) < 4.78 is 0. The normalized spacial score (nSPS) is 56.3. The van der Waals surface area contributed by atoms with Gasteiger partial charge in [0.25, 0.3) is 0 Å². The van der Waals surface area contributed by atoms with E-state index in [2.05, 4.69) is 19.0 Å². The second-order valence-electron chi connectivity index (χ2n) is 9.13. The van der Waals surface area contributed by atoms with Crippen molar-refractivity contribution in [1.29, 1.82) is 0 Å². The van der Waals surface area contributed by atoms with Crippen LogP contribution < -0.4 is 0 Å². The van der Waals surface area contributed by atoms with Crippen LogP contribution in [0, 0.1) is 34.5 Å². The molecule has 0 aromatic carbocycles. The van der Waals surface area contributed by atoms with Crippen LogP contribution in [-0.4, -0.2) is 22.1 Å². The lowest BCUT2D eigenvalue weighted by Gasteiger charge is -2.60. The third-order valence-corrected chi connectivity index (χ3v) is 8.50. The summed E-state index contributed by atoms with van der Waals surface area (Å²) in [5.74, 6) is 3.10. The van der Waals surface area contributed by atoms with E-state index in [9.17, 15) is 10.3 Å². The Morgan fingerprint density at radius 2 is 1.82 bits per heavy atom. The maximum absolute atomic E-state index is 10.1. The second kappa shape index (κ2) is 4.96. The van der Waals surface area contributed by atoms with Crippen LogP contribution in [0.3, 0.4) is 0 Å². The molecule has 3 heteroatoms. The molecule has 3 nitrogen and oxygen atoms in total. The van der Waals surface area contributed by atoms with Crippen LogP contribution in [0.2, 0.25) is 0 Å². The molecule has 7 atom stereocenters. The first-order chi connectivity index (χ1) is 10.5. The monoisotopic (exact) mass is 305 g/mol. The molecule has 0 bridgehead atoms. The average Bonchev–Trinajstić information content (AvgIpc) is 2.84. The van der Waals surface area contributed by atoms with Crippen molar-refractivity contribution in [2.75, 3.05) is 0 Å². The summed E-state index contributed by atoms with van der Waals surface area (Å²) in [7, 11) is 0. The van der Waals surface area contributed by atoms with Crippen LogP contribution >= 0.6 is 0 Å². The van der Waals surface area contributed by atoms with Gasteiger partial charge in [-0.1, -0.05) is 19.0 Å². The molecule has 0 aliphatic heterocycles. The van der Waals surface area contributed by atoms with Gasteiger partial charge in [-0.2, -0.15) is 0 Å². The maximum atomic E-state index is 10.1. The molecule has 4 saturated carbocycles. The van der Waals surface area contributed by atoms with Crippen LogP contribution in [0.1, 0.15) is 71.6 Å². The molecule has 0 saturated heterocycles. The molecule has 22 heavy (non-hydrogen) atoms. The fourth-order valence-corrected chi connectivity index (χ4v) is 7.19. The van der Waals surface area contributed by atoms with Crippen LogP contribution in [-0.2, 0) is 0 Å². The quantitative estimate of drug-likeness (QED) is 0.520. The van der Waals surface area contributed by atoms with Gasteiger partial charge in [-0.3, -0.25) is 0 Å². The van der Waals surface area contributed by atoms with E-state index in [-0.39, 0.29) is 11.5 Å². The first kappa shape index (κ1) is 15.0. The minimum atomic E-state index is -0.0527. The van der Waals surface area contributed by atoms with Gasteiger partial charge in [0.2, 0.25) is 0 Å². The second-order valence-corrected chi connectivity index (χ2v) is 9.13. The van der Waals surface area contributed by atoms with E-state index < -0.39 is 0 Å². The van der Waals surface area contributed by atoms with E-state index >= 15 is 0 Å². The van der Waals surface area contributed by atoms with Crippen LogP contribution in [0.25, 0.3) is 0 Å². The van der Waals surface area contributed by atoms with Crippen molar-refractivity contribution in [3.05, 3.63) is 0 Å². The molecule has 4 fully saturated rings. The van der Waals surface area contributed by atoms with Gasteiger partial charge < -0.3 is 10.3 Å². The van der Waals surface area contributed by atoms with Gasteiger partial charge in [-0.15, -0.1) is 0 Å². The van der Waals surface area contributed by atoms with Gasteiger partial charge in [0.15, 0.2) is 0 Å². The van der Waals surface area contributed by atoms with E-state index in [0.29, 0.717) is 5.41 Å². The average molecular weight is 305 g/mol. The van der Waals surface area contributed by atoms with E-state index in [1.165, 1.54) is 38.5 Å². The zero-order valence-electron chi connectivity index (χ0n) is 14.1. The SMILES string of the molecule is CC12CCC3C(CC[C@H]4C[C@H](O)CCC34C)C1CC/C2=N\O. The van der Waals surface area contributed by atoms with Crippen molar-refractivity contribution in [1.82, 2.24) is 0 Å². The fourth-order valence-electron chi connectivity index (χ4n) is 7.19. The topological polar surface area (TPSA) is 52.8 Å². The Morgan fingerprint density at radius 1 is 1.00 bits per heavy atom. The molecule has 124 valence electrons. The number of nitrogens with zero attached hydrogens (tertiary/aromatic N) is 1. The summed E-state index contributed by atoms with van der Waals surface area (Å²) in [5.41, 5.74) is 1.68. The van der Waals surface area contributed by atoms with E-state index in [1.807, 2.05) is 0 Å². The highest BCUT2D eigenvalue weighted by Crippen LogP contribution is 2.65. The Morgan fingerprint density at radius 3 is 2.59 bits per heavy atom. The van der Waals surface area contributed by atoms with Crippen molar-refractivity contribution >= 4 is 5.71 Å². The van der Waals surface area contributed by atoms with E-state index in [0.717, 1.165) is 48.6 Å². The highest BCUT2D eigenvalue weighted by atomic mass is 16.4. The molecule has 0 aromatic rings. The number of aliphatic hydroxyl groups excluding tert-OH is 1. The largest absolute Gasteiger partial charge is 0.411 e. The lowest BCUT2D eigenvalue weighted by Crippen LogP contribution is -2.54. The molecule has 0 heterocycles. The van der Waals surface area contributed by atoms with Gasteiger partial charge in [0.05, 0.1) is 11.8 Å². The molecule has 2 N–H and O–H groups in total. The van der Waals surface area contributed by atoms with Gasteiger partial charge in [-0.25, -0.2) is 0 Å². The fraction of sp³-hybridized carbons (Fsp3) is 0.947. The number of hydrogen-bond acceptors (Lipinski definition) is 3. The minimum absolute atomic E-state index is 0.0527. The number of hydrogen-bond donors (Lipinski definition) is 2. The standard InChI is InChI=1S/C19H31NO2/c1-18-9-7-13(21)11-12(18)3-4-14-15-5-6-17(20-22)19(15,2)10-8-16(14)18/h12-16,21-22H,3-11H2,1-2H3/b20-17+/t12-,13+,14?,15?,16?,18?,19?/m0/s1. The molecule has 0 amide bonds. The molecule has 0 aromatic heterocycles. The Labute approximate surface area is 134 Å². The van der Waals surface area contributed by atoms with Gasteiger partial charge in [0.1, 0.15) is 0 Å². The molecule has 4 rings (SSSR count). The van der Waals surface area contributed by atoms with Crippen molar-refractivity contribution in [3.63, 3.8) is 0 Å². The van der Waals surface area contributed by atoms with Gasteiger partial charge in [0, 0.05) is 5.41 Å². The Hall–Kier alpha value is -0.570. The number of oxime groups is 1. The highest BCUT2D eigenvalue weighted by Gasteiger charge is 2.59. The number of rotatable bonds is 0. The minimum Gasteiger partial charge on any atom is -0.411 e. The van der Waals surface area contributed by atoms with E-state index in [4.69, 9.17) is 0 Å². The van der Waals surface area contributed by atoms with Gasteiger partial charge in [-0.05, 0) is 86.9 Å². The summed E-state index contributed by atoms with van der Waals surface area (Å²) >= 11 is 0. The number of aliphatic hydroxyl groups is 1. The Balaban J connectivity index is 1.63. The predicted molar refractivity (Wildman–Crippen MR) is 87.0 cm³/mol. The molecule has 4 aliphatic carbocycles. The van der Waals surface area contributed by atoms with Crippen molar-refractivity contribution in [2.24, 2.45) is 39.7 Å². The molecule has 0 spiro atoms. The lowest BCUT2D eigenvalue weighted by atomic mass is 9.45. The summed E-state index contributed by atoms with van der Waals surface area (Å²) in [6.45, 7) is 4.88. The van der Waals surface area contributed by atoms with Gasteiger partial charge >= 0.3 is 0 Å². The predicted octanol–water partition coefficient (Wildman–Crippen LogP) is 4.22. The summed E-state index contributed by atoms with van der Waals surface area (Å²) in [6, 6.07) is 0.